The van der Waals surface area contributed by atoms with Crippen LogP contribution in [-0.2, 0) is 11.3 Å². The van der Waals surface area contributed by atoms with E-state index in [1.54, 1.807) is 0 Å². The molecule has 5 nitrogen and oxygen atoms in total. The number of nitrogens with one attached hydrogen (secondary N) is 1. The zero-order valence-electron chi connectivity index (χ0n) is 14.7. The lowest BCUT2D eigenvalue weighted by Crippen LogP contribution is -2.40. The molecule has 2 saturated heterocycles. The molecule has 1 amide bonds. The van der Waals surface area contributed by atoms with E-state index in [2.05, 4.69) is 12.2 Å². The number of piperidine rings is 1. The molecule has 1 aromatic rings. The highest BCUT2D eigenvalue weighted by atomic mass is 35.5. The number of fused-ring (bicyclic) bond motifs is 3. The molecule has 0 saturated carbocycles. The van der Waals surface area contributed by atoms with E-state index in [9.17, 15) is 4.79 Å². The second-order valence-corrected chi connectivity index (χ2v) is 7.27. The van der Waals surface area contributed by atoms with Crippen LogP contribution in [0, 0.1) is 5.92 Å². The van der Waals surface area contributed by atoms with Crippen LogP contribution in [-0.4, -0.2) is 36.2 Å². The molecule has 1 N–H and O–H groups in total. The van der Waals surface area contributed by atoms with E-state index in [0.29, 0.717) is 31.0 Å². The van der Waals surface area contributed by atoms with Crippen molar-refractivity contribution in [2.75, 3.05) is 13.3 Å². The van der Waals surface area contributed by atoms with Gasteiger partial charge in [-0.05, 0) is 56.2 Å². The molecule has 3 aliphatic rings. The maximum atomic E-state index is 12.8. The van der Waals surface area contributed by atoms with Crippen LogP contribution in [0.15, 0.2) is 18.2 Å². The fraction of sp³-hybridized carbons (Fsp3) is 0.632. The van der Waals surface area contributed by atoms with E-state index in [0.717, 1.165) is 36.4 Å². The summed E-state index contributed by atoms with van der Waals surface area (Å²) in [6.45, 7) is 3.72. The van der Waals surface area contributed by atoms with Gasteiger partial charge >= 0.3 is 0 Å². The molecule has 25 heavy (non-hydrogen) atoms. The Bertz CT molecular complexity index is 613. The van der Waals surface area contributed by atoms with Gasteiger partial charge in [-0.1, -0.05) is 6.07 Å². The quantitative estimate of drug-likeness (QED) is 0.870. The Kier molecular flexibility index (Phi) is 5.74. The van der Waals surface area contributed by atoms with Crippen LogP contribution in [0.2, 0.25) is 0 Å². The van der Waals surface area contributed by atoms with Crippen LogP contribution in [0.4, 0.5) is 0 Å². The first-order valence-corrected chi connectivity index (χ1v) is 9.13. The zero-order chi connectivity index (χ0) is 16.5. The largest absolute Gasteiger partial charge is 0.454 e. The summed E-state index contributed by atoms with van der Waals surface area (Å²) in [7, 11) is 0. The standard InChI is InChI=1S/C19H26N2O3.ClH/c1-2-21(11-13-3-6-17-18(9-13)24-12-23-17)19(22)10-14-7-15-4-5-16(8-14)20-15;/h3,6,9,14-16,20H,2,4-5,7-8,10-12H2,1H3;1H. The van der Waals surface area contributed by atoms with Gasteiger partial charge in [0.15, 0.2) is 11.5 Å². The van der Waals surface area contributed by atoms with Crippen molar-refractivity contribution in [3.05, 3.63) is 23.8 Å². The zero-order valence-corrected chi connectivity index (χ0v) is 15.5. The molecule has 2 unspecified atom stereocenters. The summed E-state index contributed by atoms with van der Waals surface area (Å²) < 4.78 is 10.8. The fourth-order valence-corrected chi connectivity index (χ4v) is 4.35. The van der Waals surface area contributed by atoms with E-state index >= 15 is 0 Å². The Morgan fingerprint density at radius 3 is 2.64 bits per heavy atom. The highest BCUT2D eigenvalue weighted by Gasteiger charge is 2.34. The molecule has 2 bridgehead atoms. The van der Waals surface area contributed by atoms with Gasteiger partial charge in [0, 0.05) is 31.6 Å². The van der Waals surface area contributed by atoms with Gasteiger partial charge in [0.1, 0.15) is 0 Å². The average Bonchev–Trinajstić information content (AvgIpc) is 3.18. The smallest absolute Gasteiger partial charge is 0.231 e. The number of rotatable bonds is 5. The van der Waals surface area contributed by atoms with Gasteiger partial charge in [0.2, 0.25) is 12.7 Å². The van der Waals surface area contributed by atoms with E-state index in [1.807, 2.05) is 23.1 Å². The van der Waals surface area contributed by atoms with Gasteiger partial charge in [-0.3, -0.25) is 4.79 Å². The number of ether oxygens (including phenoxy) is 2. The number of amides is 1. The molecular formula is C19H27ClN2O3. The third-order valence-electron chi connectivity index (χ3n) is 5.58. The summed E-state index contributed by atoms with van der Waals surface area (Å²) in [4.78, 5) is 14.7. The first-order chi connectivity index (χ1) is 11.7. The number of hydrogen-bond donors (Lipinski definition) is 1. The normalized spacial score (nSPS) is 26.2. The highest BCUT2D eigenvalue weighted by Crippen LogP contribution is 2.34. The lowest BCUT2D eigenvalue weighted by molar-refractivity contribution is -0.132. The highest BCUT2D eigenvalue weighted by molar-refractivity contribution is 5.85. The predicted octanol–water partition coefficient (Wildman–Crippen LogP) is 3.11. The molecule has 0 aromatic heterocycles. The molecule has 0 aliphatic carbocycles. The maximum Gasteiger partial charge on any atom is 0.231 e. The topological polar surface area (TPSA) is 50.8 Å². The Hall–Kier alpha value is -1.46. The second kappa shape index (κ2) is 7.83. The summed E-state index contributed by atoms with van der Waals surface area (Å²) in [6.07, 6.45) is 5.56. The van der Waals surface area contributed by atoms with E-state index in [1.165, 1.54) is 12.8 Å². The van der Waals surface area contributed by atoms with E-state index in [-0.39, 0.29) is 25.1 Å². The lowest BCUT2D eigenvalue weighted by Gasteiger charge is -2.30. The number of carbonyl (C=O) groups is 1. The average molecular weight is 367 g/mol. The molecule has 4 rings (SSSR count). The number of nitrogens with zero attached hydrogens (tertiary/aromatic N) is 1. The van der Waals surface area contributed by atoms with Gasteiger partial charge in [0.05, 0.1) is 0 Å². The molecule has 3 heterocycles. The number of halogens is 1. The lowest BCUT2D eigenvalue weighted by atomic mass is 9.89. The van der Waals surface area contributed by atoms with Crippen LogP contribution in [0.1, 0.15) is 44.6 Å². The van der Waals surface area contributed by atoms with Gasteiger partial charge in [0.25, 0.3) is 0 Å². The summed E-state index contributed by atoms with van der Waals surface area (Å²) in [5.74, 6) is 2.40. The van der Waals surface area contributed by atoms with Crippen molar-refractivity contribution in [2.24, 2.45) is 5.92 Å². The van der Waals surface area contributed by atoms with Crippen molar-refractivity contribution in [2.45, 2.75) is 57.7 Å². The van der Waals surface area contributed by atoms with Crippen molar-refractivity contribution in [1.82, 2.24) is 10.2 Å². The predicted molar refractivity (Wildman–Crippen MR) is 98.2 cm³/mol. The van der Waals surface area contributed by atoms with Crippen molar-refractivity contribution in [3.8, 4) is 11.5 Å². The Morgan fingerprint density at radius 1 is 1.20 bits per heavy atom. The molecular weight excluding hydrogens is 340 g/mol. The van der Waals surface area contributed by atoms with Crippen molar-refractivity contribution in [1.29, 1.82) is 0 Å². The third-order valence-corrected chi connectivity index (χ3v) is 5.58. The Labute approximate surface area is 155 Å². The first-order valence-electron chi connectivity index (χ1n) is 9.13. The third kappa shape index (κ3) is 4.04. The van der Waals surface area contributed by atoms with E-state index < -0.39 is 0 Å². The summed E-state index contributed by atoms with van der Waals surface area (Å²) >= 11 is 0. The first kappa shape index (κ1) is 18.3. The molecule has 138 valence electrons. The summed E-state index contributed by atoms with van der Waals surface area (Å²) in [5, 5.41) is 3.65. The number of hydrogen-bond acceptors (Lipinski definition) is 4. The number of carbonyl (C=O) groups excluding carboxylic acids is 1. The van der Waals surface area contributed by atoms with Crippen LogP contribution < -0.4 is 14.8 Å². The maximum absolute atomic E-state index is 12.8. The molecule has 0 spiro atoms. The van der Waals surface area contributed by atoms with Crippen molar-refractivity contribution in [3.63, 3.8) is 0 Å². The van der Waals surface area contributed by atoms with Gasteiger partial charge in [-0.2, -0.15) is 0 Å². The van der Waals surface area contributed by atoms with Crippen LogP contribution in [0.5, 0.6) is 11.5 Å². The van der Waals surface area contributed by atoms with Crippen molar-refractivity contribution >= 4 is 18.3 Å². The fourth-order valence-electron chi connectivity index (χ4n) is 4.35. The molecule has 2 atom stereocenters. The second-order valence-electron chi connectivity index (χ2n) is 7.27. The monoisotopic (exact) mass is 366 g/mol. The molecule has 3 aliphatic heterocycles. The molecule has 0 radical (unpaired) electrons. The molecule has 1 aromatic carbocycles. The molecule has 2 fully saturated rings. The Morgan fingerprint density at radius 2 is 1.92 bits per heavy atom. The van der Waals surface area contributed by atoms with E-state index in [4.69, 9.17) is 9.47 Å². The minimum atomic E-state index is 0. The van der Waals surface area contributed by atoms with Gasteiger partial charge in [-0.15, -0.1) is 12.4 Å². The SMILES string of the molecule is CCN(Cc1ccc2c(c1)OCO2)C(=O)CC1CC2CCC(C1)N2.Cl. The van der Waals surface area contributed by atoms with Gasteiger partial charge < -0.3 is 19.7 Å². The minimum absolute atomic E-state index is 0. The van der Waals surface area contributed by atoms with Crippen molar-refractivity contribution < 1.29 is 14.3 Å². The Balaban J connectivity index is 0.00000182. The summed E-state index contributed by atoms with van der Waals surface area (Å²) in [6, 6.07) is 7.23. The molecule has 6 heteroatoms. The van der Waals surface area contributed by atoms with Crippen LogP contribution >= 0.6 is 12.4 Å². The minimum Gasteiger partial charge on any atom is -0.454 e. The van der Waals surface area contributed by atoms with Crippen LogP contribution in [0.25, 0.3) is 0 Å². The van der Waals surface area contributed by atoms with Crippen LogP contribution in [0.3, 0.4) is 0 Å². The summed E-state index contributed by atoms with van der Waals surface area (Å²) in [5.41, 5.74) is 1.10. The van der Waals surface area contributed by atoms with Gasteiger partial charge in [-0.25, -0.2) is 0 Å². The number of benzene rings is 1.